The maximum Gasteiger partial charge on any atom is 0.349 e. The van der Waals surface area contributed by atoms with Gasteiger partial charge in [0.1, 0.15) is 5.75 Å². The molecule has 2 N–H and O–H groups in total. The van der Waals surface area contributed by atoms with Gasteiger partial charge in [-0.3, -0.25) is 4.79 Å². The predicted octanol–water partition coefficient (Wildman–Crippen LogP) is 3.17. The molecule has 0 heterocycles. The summed E-state index contributed by atoms with van der Waals surface area (Å²) in [6, 6.07) is 21.7. The van der Waals surface area contributed by atoms with Gasteiger partial charge in [-0.05, 0) is 36.4 Å². The summed E-state index contributed by atoms with van der Waals surface area (Å²) in [5, 5.41) is 12.2. The molecule has 0 saturated heterocycles. The molecule has 0 aliphatic heterocycles. The Morgan fingerprint density at radius 2 is 1.18 bits per heavy atom. The van der Waals surface area contributed by atoms with E-state index in [1.54, 1.807) is 54.6 Å². The largest absolute Gasteiger partial charge is 0.495 e. The molecule has 9 heteroatoms. The molecule has 1 amide bonds. The van der Waals surface area contributed by atoms with Gasteiger partial charge in [-0.15, -0.1) is 0 Å². The van der Waals surface area contributed by atoms with E-state index in [9.17, 15) is 24.3 Å². The van der Waals surface area contributed by atoms with E-state index in [1.807, 2.05) is 0 Å². The van der Waals surface area contributed by atoms with Crippen LogP contribution in [0.2, 0.25) is 0 Å². The third kappa shape index (κ3) is 5.98. The van der Waals surface area contributed by atoms with Crippen molar-refractivity contribution in [3.8, 4) is 5.75 Å². The quantitative estimate of drug-likeness (QED) is 0.463. The highest BCUT2D eigenvalue weighted by Crippen LogP contribution is 2.24. The Balaban J connectivity index is 1.92. The number of hydrogen-bond donors (Lipinski definition) is 2. The molecule has 0 fully saturated rings. The third-order valence-corrected chi connectivity index (χ3v) is 4.63. The van der Waals surface area contributed by atoms with Gasteiger partial charge in [0, 0.05) is 0 Å². The van der Waals surface area contributed by atoms with E-state index >= 15 is 0 Å². The molecule has 0 radical (unpaired) electrons. The van der Waals surface area contributed by atoms with Crippen LogP contribution >= 0.6 is 0 Å². The Kier molecular flexibility index (Phi) is 7.96. The number of carbonyl (C=O) groups is 4. The van der Waals surface area contributed by atoms with Crippen LogP contribution in [0.3, 0.4) is 0 Å². The van der Waals surface area contributed by atoms with Crippen molar-refractivity contribution in [2.75, 3.05) is 12.4 Å². The van der Waals surface area contributed by atoms with Gasteiger partial charge >= 0.3 is 17.9 Å². The molecule has 3 aromatic carbocycles. The van der Waals surface area contributed by atoms with Gasteiger partial charge in [0.25, 0.3) is 5.91 Å². The van der Waals surface area contributed by atoms with Crippen molar-refractivity contribution in [1.29, 1.82) is 0 Å². The molecule has 0 aliphatic rings. The van der Waals surface area contributed by atoms with Crippen LogP contribution in [-0.2, 0) is 19.1 Å². The number of nitrogens with one attached hydrogen (secondary N) is 1. The number of carboxylic acid groups (broad SMARTS) is 1. The van der Waals surface area contributed by atoms with Crippen LogP contribution in [0.15, 0.2) is 84.9 Å². The van der Waals surface area contributed by atoms with E-state index in [2.05, 4.69) is 5.32 Å². The average molecular weight is 463 g/mol. The van der Waals surface area contributed by atoms with Gasteiger partial charge < -0.3 is 24.6 Å². The molecule has 3 aromatic rings. The molecule has 0 unspecified atom stereocenters. The summed E-state index contributed by atoms with van der Waals surface area (Å²) in [6.07, 6.45) is -4.14. The predicted molar refractivity (Wildman–Crippen MR) is 121 cm³/mol. The molecule has 0 aromatic heterocycles. The highest BCUT2D eigenvalue weighted by atomic mass is 16.6. The lowest BCUT2D eigenvalue weighted by Crippen LogP contribution is -2.48. The Labute approximate surface area is 194 Å². The number of benzene rings is 3. The number of esters is 2. The first-order valence-electron chi connectivity index (χ1n) is 10.1. The van der Waals surface area contributed by atoms with Gasteiger partial charge in [-0.1, -0.05) is 48.5 Å². The van der Waals surface area contributed by atoms with E-state index in [0.29, 0.717) is 0 Å². The van der Waals surface area contributed by atoms with Crippen molar-refractivity contribution >= 4 is 29.5 Å². The van der Waals surface area contributed by atoms with Crippen LogP contribution in [0.1, 0.15) is 20.7 Å². The summed E-state index contributed by atoms with van der Waals surface area (Å²) < 4.78 is 15.5. The van der Waals surface area contributed by atoms with Crippen LogP contribution in [0.4, 0.5) is 5.69 Å². The molecule has 0 saturated carbocycles. The molecular weight excluding hydrogens is 442 g/mol. The smallest absolute Gasteiger partial charge is 0.349 e. The van der Waals surface area contributed by atoms with Gasteiger partial charge in [0.15, 0.2) is 0 Å². The van der Waals surface area contributed by atoms with Crippen molar-refractivity contribution in [2.24, 2.45) is 0 Å². The van der Waals surface area contributed by atoms with Crippen LogP contribution in [0.25, 0.3) is 0 Å². The van der Waals surface area contributed by atoms with Crippen molar-refractivity contribution in [3.63, 3.8) is 0 Å². The number of carboxylic acids is 1. The maximum atomic E-state index is 13.1. The Morgan fingerprint density at radius 1 is 0.706 bits per heavy atom. The summed E-state index contributed by atoms with van der Waals surface area (Å²) in [6.45, 7) is 0. The second-order valence-electron chi connectivity index (χ2n) is 6.91. The molecule has 174 valence electrons. The molecule has 3 rings (SSSR count). The van der Waals surface area contributed by atoms with Crippen LogP contribution in [0.5, 0.6) is 5.75 Å². The first-order valence-corrected chi connectivity index (χ1v) is 10.1. The van der Waals surface area contributed by atoms with Gasteiger partial charge in [-0.25, -0.2) is 14.4 Å². The summed E-state index contributed by atoms with van der Waals surface area (Å²) >= 11 is 0. The molecule has 2 atom stereocenters. The molecule has 34 heavy (non-hydrogen) atoms. The molecule has 0 spiro atoms. The van der Waals surface area contributed by atoms with Crippen LogP contribution in [-0.4, -0.2) is 48.2 Å². The first-order chi connectivity index (χ1) is 16.4. The van der Waals surface area contributed by atoms with Crippen LogP contribution in [0, 0.1) is 0 Å². The van der Waals surface area contributed by atoms with E-state index in [1.165, 1.54) is 37.4 Å². The van der Waals surface area contributed by atoms with Crippen molar-refractivity contribution in [3.05, 3.63) is 96.1 Å². The standard InChI is InChI=1S/C25H21NO8/c1-32-19-15-9-8-14-18(19)26-22(27)20(33-24(30)16-10-4-2-5-11-16)21(23(28)29)34-25(31)17-12-6-3-7-13-17/h2-15,20-21H,1H3,(H,26,27)(H,28,29)/t20-,21+/m1/s1. The lowest BCUT2D eigenvalue weighted by Gasteiger charge is -2.24. The van der Waals surface area contributed by atoms with Crippen molar-refractivity contribution < 1.29 is 38.5 Å². The molecule has 0 bridgehead atoms. The zero-order valence-corrected chi connectivity index (χ0v) is 18.0. The van der Waals surface area contributed by atoms with E-state index < -0.39 is 36.0 Å². The number of para-hydroxylation sites is 2. The van der Waals surface area contributed by atoms with E-state index in [-0.39, 0.29) is 22.6 Å². The third-order valence-electron chi connectivity index (χ3n) is 4.63. The number of rotatable bonds is 9. The van der Waals surface area contributed by atoms with E-state index in [0.717, 1.165) is 0 Å². The van der Waals surface area contributed by atoms with Crippen LogP contribution < -0.4 is 10.1 Å². The van der Waals surface area contributed by atoms with Crippen molar-refractivity contribution in [2.45, 2.75) is 12.2 Å². The Bertz CT molecular complexity index is 1160. The SMILES string of the molecule is COc1ccccc1NC(=O)[C@H](OC(=O)c1ccccc1)[C@H](OC(=O)c1ccccc1)C(=O)O. The fraction of sp³-hybridized carbons (Fsp3) is 0.120. The minimum absolute atomic E-state index is 0.0621. The Morgan fingerprint density at radius 3 is 1.68 bits per heavy atom. The van der Waals surface area contributed by atoms with E-state index in [4.69, 9.17) is 14.2 Å². The lowest BCUT2D eigenvalue weighted by molar-refractivity contribution is -0.157. The number of amides is 1. The fourth-order valence-corrected chi connectivity index (χ4v) is 2.96. The second kappa shape index (κ2) is 11.3. The average Bonchev–Trinajstić information content (AvgIpc) is 2.87. The van der Waals surface area contributed by atoms with Gasteiger partial charge in [-0.2, -0.15) is 0 Å². The number of anilines is 1. The second-order valence-corrected chi connectivity index (χ2v) is 6.91. The zero-order valence-electron chi connectivity index (χ0n) is 18.0. The molecular formula is C25H21NO8. The lowest BCUT2D eigenvalue weighted by atomic mass is 10.1. The number of hydrogen-bond acceptors (Lipinski definition) is 7. The summed E-state index contributed by atoms with van der Waals surface area (Å²) in [4.78, 5) is 50.3. The molecule has 0 aliphatic carbocycles. The van der Waals surface area contributed by atoms with Crippen molar-refractivity contribution in [1.82, 2.24) is 0 Å². The minimum Gasteiger partial charge on any atom is -0.495 e. The normalized spacial score (nSPS) is 12.0. The summed E-state index contributed by atoms with van der Waals surface area (Å²) in [5.74, 6) is -4.38. The Hall–Kier alpha value is -4.66. The fourth-order valence-electron chi connectivity index (χ4n) is 2.96. The molecule has 9 nitrogen and oxygen atoms in total. The van der Waals surface area contributed by atoms with Gasteiger partial charge in [0.2, 0.25) is 12.2 Å². The van der Waals surface area contributed by atoms with Gasteiger partial charge in [0.05, 0.1) is 23.9 Å². The minimum atomic E-state index is -2.13. The zero-order chi connectivity index (χ0) is 24.5. The maximum absolute atomic E-state index is 13.1. The number of carbonyl (C=O) groups excluding carboxylic acids is 3. The number of ether oxygens (including phenoxy) is 3. The number of aliphatic carboxylic acids is 1. The monoisotopic (exact) mass is 463 g/mol. The topological polar surface area (TPSA) is 128 Å². The summed E-state index contributed by atoms with van der Waals surface area (Å²) in [7, 11) is 1.39. The highest BCUT2D eigenvalue weighted by Gasteiger charge is 2.41. The number of methoxy groups -OCH3 is 1. The summed E-state index contributed by atoms with van der Waals surface area (Å²) in [5.41, 5.74) is 0.345. The highest BCUT2D eigenvalue weighted by molar-refractivity contribution is 6.02. The first kappa shape index (κ1) is 24.0.